The molecule has 0 fully saturated rings. The topological polar surface area (TPSA) is 33.0 Å². The maximum absolute atomic E-state index is 12.2. The lowest BCUT2D eigenvalue weighted by molar-refractivity contribution is -0.688. The third-order valence-corrected chi connectivity index (χ3v) is 3.94. The quantitative estimate of drug-likeness (QED) is 0.595. The second-order valence-corrected chi connectivity index (χ2v) is 6.12. The van der Waals surface area contributed by atoms with Crippen LogP contribution in [-0.2, 0) is 6.54 Å². The molecule has 3 aromatic rings. The average Bonchev–Trinajstić information content (AvgIpc) is 2.57. The lowest BCUT2D eigenvalue weighted by Gasteiger charge is -2.05. The molecule has 0 bridgehead atoms. The van der Waals surface area contributed by atoms with Crippen LogP contribution >= 0.6 is 15.9 Å². The molecule has 0 saturated heterocycles. The largest absolute Gasteiger partial charge is 1.00 e. The standard InChI is InChI=1S/C19H15BrN2O.BrH/c20-17-8-4-7-16(13-17)19(23)21-18-9-11-22(12-10-18)14-15-5-2-1-3-6-15;/h1-13H,14H2;1H. The number of hydrogen-bond donors (Lipinski definition) is 1. The first-order chi connectivity index (χ1) is 11.2. The van der Waals surface area contributed by atoms with E-state index < -0.39 is 0 Å². The minimum atomic E-state index is -0.118. The van der Waals surface area contributed by atoms with E-state index in [0.29, 0.717) is 5.56 Å². The zero-order chi connectivity index (χ0) is 16.1. The number of benzene rings is 2. The van der Waals surface area contributed by atoms with Crippen LogP contribution in [0, 0.1) is 0 Å². The van der Waals surface area contributed by atoms with E-state index in [1.54, 1.807) is 12.1 Å². The van der Waals surface area contributed by atoms with Crippen LogP contribution in [0.2, 0.25) is 0 Å². The zero-order valence-electron chi connectivity index (χ0n) is 12.8. The van der Waals surface area contributed by atoms with Crippen molar-refractivity contribution in [3.05, 3.63) is 94.7 Å². The van der Waals surface area contributed by atoms with E-state index in [2.05, 4.69) is 37.9 Å². The molecule has 122 valence electrons. The Hall–Kier alpha value is -1.98. The van der Waals surface area contributed by atoms with Gasteiger partial charge in [0, 0.05) is 27.7 Å². The first-order valence-electron chi connectivity index (χ1n) is 7.31. The van der Waals surface area contributed by atoms with Crippen LogP contribution in [0.5, 0.6) is 0 Å². The van der Waals surface area contributed by atoms with Gasteiger partial charge in [0.1, 0.15) is 0 Å². The van der Waals surface area contributed by atoms with Crippen LogP contribution in [0.3, 0.4) is 0 Å². The van der Waals surface area contributed by atoms with Crippen molar-refractivity contribution in [2.75, 3.05) is 5.32 Å². The van der Waals surface area contributed by atoms with Gasteiger partial charge in [-0.1, -0.05) is 52.3 Å². The van der Waals surface area contributed by atoms with Crippen LogP contribution in [0.15, 0.2) is 83.6 Å². The predicted molar refractivity (Wildman–Crippen MR) is 94.3 cm³/mol. The molecule has 0 aliphatic rings. The maximum atomic E-state index is 12.2. The van der Waals surface area contributed by atoms with E-state index in [-0.39, 0.29) is 22.9 Å². The number of hydrogen-bond acceptors (Lipinski definition) is 1. The van der Waals surface area contributed by atoms with E-state index in [0.717, 1.165) is 16.7 Å². The number of pyridine rings is 1. The Bertz CT molecular complexity index is 805. The SMILES string of the molecule is O=C(Nc1cc[n+](Cc2ccccc2)cc1)c1cccc(Br)c1.[Br-]. The average molecular weight is 448 g/mol. The van der Waals surface area contributed by atoms with E-state index in [1.165, 1.54) is 5.56 Å². The number of anilines is 1. The number of carbonyl (C=O) groups is 1. The van der Waals surface area contributed by atoms with Gasteiger partial charge in [-0.2, -0.15) is 0 Å². The van der Waals surface area contributed by atoms with Crippen molar-refractivity contribution in [3.63, 3.8) is 0 Å². The summed E-state index contributed by atoms with van der Waals surface area (Å²) in [5.41, 5.74) is 2.64. The molecule has 0 unspecified atom stereocenters. The Kier molecular flexibility index (Phi) is 6.70. The van der Waals surface area contributed by atoms with Crippen LogP contribution in [0.4, 0.5) is 5.69 Å². The van der Waals surface area contributed by atoms with Crippen molar-refractivity contribution < 1.29 is 26.3 Å². The minimum absolute atomic E-state index is 0. The zero-order valence-corrected chi connectivity index (χ0v) is 16.0. The molecule has 5 heteroatoms. The number of nitrogens with zero attached hydrogens (tertiary/aromatic N) is 1. The molecule has 0 aliphatic carbocycles. The van der Waals surface area contributed by atoms with Gasteiger partial charge in [0.15, 0.2) is 18.9 Å². The van der Waals surface area contributed by atoms with Crippen molar-refractivity contribution in [2.24, 2.45) is 0 Å². The molecule has 1 N–H and O–H groups in total. The Balaban J connectivity index is 0.00000208. The van der Waals surface area contributed by atoms with Crippen LogP contribution < -0.4 is 26.9 Å². The van der Waals surface area contributed by atoms with Gasteiger partial charge in [0.2, 0.25) is 0 Å². The van der Waals surface area contributed by atoms with E-state index in [1.807, 2.05) is 54.9 Å². The number of rotatable bonds is 4. The van der Waals surface area contributed by atoms with Crippen LogP contribution in [-0.4, -0.2) is 5.91 Å². The molecule has 0 radical (unpaired) electrons. The van der Waals surface area contributed by atoms with Gasteiger partial charge in [0.05, 0.1) is 5.69 Å². The predicted octanol–water partition coefficient (Wildman–Crippen LogP) is 1.04. The smallest absolute Gasteiger partial charge is 0.255 e. The molecule has 0 spiro atoms. The maximum Gasteiger partial charge on any atom is 0.255 e. The summed E-state index contributed by atoms with van der Waals surface area (Å²) in [6.45, 7) is 0.806. The molecule has 2 aromatic carbocycles. The molecule has 1 heterocycles. The summed E-state index contributed by atoms with van der Waals surface area (Å²) < 4.78 is 2.96. The summed E-state index contributed by atoms with van der Waals surface area (Å²) in [4.78, 5) is 12.2. The van der Waals surface area contributed by atoms with E-state index in [4.69, 9.17) is 0 Å². The number of nitrogens with one attached hydrogen (secondary N) is 1. The molecule has 0 aliphatic heterocycles. The summed E-state index contributed by atoms with van der Waals surface area (Å²) >= 11 is 3.37. The van der Waals surface area contributed by atoms with Gasteiger partial charge in [-0.15, -0.1) is 0 Å². The lowest BCUT2D eigenvalue weighted by atomic mass is 10.2. The highest BCUT2D eigenvalue weighted by atomic mass is 79.9. The molecular weight excluding hydrogens is 432 g/mol. The lowest BCUT2D eigenvalue weighted by Crippen LogP contribution is -3.00. The van der Waals surface area contributed by atoms with Gasteiger partial charge in [-0.05, 0) is 18.2 Å². The monoisotopic (exact) mass is 446 g/mol. The van der Waals surface area contributed by atoms with E-state index >= 15 is 0 Å². The number of amides is 1. The number of halogens is 2. The van der Waals surface area contributed by atoms with Crippen molar-refractivity contribution in [3.8, 4) is 0 Å². The second-order valence-electron chi connectivity index (χ2n) is 5.21. The summed E-state index contributed by atoms with van der Waals surface area (Å²) in [5.74, 6) is -0.118. The van der Waals surface area contributed by atoms with Gasteiger partial charge in [-0.3, -0.25) is 4.79 Å². The van der Waals surface area contributed by atoms with Crippen molar-refractivity contribution >= 4 is 27.5 Å². The first-order valence-corrected chi connectivity index (χ1v) is 8.10. The summed E-state index contributed by atoms with van der Waals surface area (Å²) in [5, 5.41) is 2.90. The van der Waals surface area contributed by atoms with Gasteiger partial charge in [-0.25, -0.2) is 4.57 Å². The van der Waals surface area contributed by atoms with E-state index in [9.17, 15) is 4.79 Å². The second kappa shape index (κ2) is 8.76. The number of carbonyl (C=O) groups excluding carboxylic acids is 1. The summed E-state index contributed by atoms with van der Waals surface area (Å²) in [6, 6.07) is 21.4. The Morgan fingerprint density at radius 1 is 0.958 bits per heavy atom. The molecule has 0 atom stereocenters. The first kappa shape index (κ1) is 18.4. The van der Waals surface area contributed by atoms with Gasteiger partial charge >= 0.3 is 0 Å². The normalized spacial score (nSPS) is 9.88. The fourth-order valence-corrected chi connectivity index (χ4v) is 2.67. The van der Waals surface area contributed by atoms with Crippen LogP contribution in [0.1, 0.15) is 15.9 Å². The minimum Gasteiger partial charge on any atom is -1.00 e. The van der Waals surface area contributed by atoms with Gasteiger partial charge < -0.3 is 22.3 Å². The molecular formula is C19H16Br2N2O. The van der Waals surface area contributed by atoms with Crippen molar-refractivity contribution in [1.82, 2.24) is 0 Å². The third-order valence-electron chi connectivity index (χ3n) is 3.44. The van der Waals surface area contributed by atoms with Crippen LogP contribution in [0.25, 0.3) is 0 Å². The molecule has 1 amide bonds. The fraction of sp³-hybridized carbons (Fsp3) is 0.0526. The Labute approximate surface area is 160 Å². The highest BCUT2D eigenvalue weighted by Crippen LogP contribution is 2.13. The molecule has 0 saturated carbocycles. The summed E-state index contributed by atoms with van der Waals surface area (Å²) in [6.07, 6.45) is 3.92. The molecule has 3 nitrogen and oxygen atoms in total. The van der Waals surface area contributed by atoms with Gasteiger partial charge in [0.25, 0.3) is 5.91 Å². The molecule has 1 aromatic heterocycles. The Morgan fingerprint density at radius 3 is 2.33 bits per heavy atom. The Morgan fingerprint density at radius 2 is 1.67 bits per heavy atom. The van der Waals surface area contributed by atoms with Crippen molar-refractivity contribution in [2.45, 2.75) is 6.54 Å². The molecule has 24 heavy (non-hydrogen) atoms. The fourth-order valence-electron chi connectivity index (χ4n) is 2.27. The highest BCUT2D eigenvalue weighted by Gasteiger charge is 2.08. The number of aromatic nitrogens is 1. The summed E-state index contributed by atoms with van der Waals surface area (Å²) in [7, 11) is 0. The van der Waals surface area contributed by atoms with Crippen molar-refractivity contribution in [1.29, 1.82) is 0 Å². The molecule has 3 rings (SSSR count). The third kappa shape index (κ3) is 5.01. The highest BCUT2D eigenvalue weighted by molar-refractivity contribution is 9.10.